The molecule has 2 heteroatoms. The molecule has 72 valence electrons. The van der Waals surface area contributed by atoms with E-state index in [9.17, 15) is 4.79 Å². The van der Waals surface area contributed by atoms with E-state index in [1.54, 1.807) is 0 Å². The van der Waals surface area contributed by atoms with Gasteiger partial charge in [-0.25, -0.2) is 4.79 Å². The molecule has 0 aliphatic heterocycles. The molecule has 1 aliphatic carbocycles. The van der Waals surface area contributed by atoms with Gasteiger partial charge in [0.05, 0.1) is 0 Å². The molecule has 0 spiro atoms. The van der Waals surface area contributed by atoms with Crippen LogP contribution in [-0.4, -0.2) is 5.94 Å². The summed E-state index contributed by atoms with van der Waals surface area (Å²) in [6, 6.07) is 8.18. The first-order chi connectivity index (χ1) is 6.83. The summed E-state index contributed by atoms with van der Waals surface area (Å²) in [7, 11) is 0. The van der Waals surface area contributed by atoms with Crippen LogP contribution < -0.4 is 0 Å². The van der Waals surface area contributed by atoms with Crippen LogP contribution in [0.1, 0.15) is 29.9 Å². The van der Waals surface area contributed by atoms with Gasteiger partial charge in [0, 0.05) is 5.92 Å². The number of halogens is 1. The second-order valence-electron chi connectivity index (χ2n) is 3.59. The van der Waals surface area contributed by atoms with Crippen molar-refractivity contribution in [3.8, 4) is 0 Å². The lowest BCUT2D eigenvalue weighted by Crippen LogP contribution is -2.09. The molecule has 0 saturated heterocycles. The normalized spacial score (nSPS) is 19.6. The third-order valence-corrected chi connectivity index (χ3v) is 3.11. The number of allylic oxidation sites excluding steroid dienone is 1. The lowest BCUT2D eigenvalue weighted by molar-refractivity contribution is 0.562. The maximum Gasteiger partial charge on any atom is 0.140 e. The lowest BCUT2D eigenvalue weighted by atomic mass is 9.83. The molecule has 1 aromatic carbocycles. The Labute approximate surface area is 88.4 Å². The van der Waals surface area contributed by atoms with Crippen molar-refractivity contribution in [2.45, 2.75) is 25.2 Å². The first-order valence-electron chi connectivity index (χ1n) is 4.81. The van der Waals surface area contributed by atoms with Gasteiger partial charge in [-0.15, -0.1) is 0 Å². The van der Waals surface area contributed by atoms with E-state index < -0.39 is 0 Å². The third-order valence-electron chi connectivity index (χ3n) is 2.77. The Morgan fingerprint density at radius 3 is 3.00 bits per heavy atom. The standard InChI is InChI=1S/C12H11ClO/c13-12(8-14)11-7-3-5-9-4-1-2-6-10(9)11/h1-2,4,6,11H,3,5,7H2. The highest BCUT2D eigenvalue weighted by atomic mass is 35.5. The fraction of sp³-hybridized carbons (Fsp3) is 0.333. The zero-order valence-corrected chi connectivity index (χ0v) is 8.55. The van der Waals surface area contributed by atoms with Gasteiger partial charge in [-0.1, -0.05) is 35.9 Å². The molecule has 1 nitrogen and oxygen atoms in total. The van der Waals surface area contributed by atoms with Crippen molar-refractivity contribution in [1.29, 1.82) is 0 Å². The van der Waals surface area contributed by atoms with E-state index in [1.807, 2.05) is 18.1 Å². The Bertz CT molecular complexity index is 391. The van der Waals surface area contributed by atoms with Gasteiger partial charge in [0.25, 0.3) is 0 Å². The molecule has 1 aliphatic rings. The van der Waals surface area contributed by atoms with Gasteiger partial charge in [-0.05, 0) is 30.4 Å². The first-order valence-corrected chi connectivity index (χ1v) is 5.19. The highest BCUT2D eigenvalue weighted by molar-refractivity contribution is 6.33. The molecule has 1 atom stereocenters. The van der Waals surface area contributed by atoms with Gasteiger partial charge in [-0.2, -0.15) is 0 Å². The van der Waals surface area contributed by atoms with E-state index in [-0.39, 0.29) is 5.92 Å². The monoisotopic (exact) mass is 206 g/mol. The van der Waals surface area contributed by atoms with E-state index in [0.29, 0.717) is 5.03 Å². The van der Waals surface area contributed by atoms with Gasteiger partial charge < -0.3 is 0 Å². The fourth-order valence-electron chi connectivity index (χ4n) is 2.09. The minimum absolute atomic E-state index is 0.0825. The molecule has 1 aromatic rings. The Morgan fingerprint density at radius 1 is 1.43 bits per heavy atom. The molecule has 1 unspecified atom stereocenters. The Morgan fingerprint density at radius 2 is 2.21 bits per heavy atom. The number of fused-ring (bicyclic) bond motifs is 1. The molecular formula is C12H11ClO. The zero-order valence-electron chi connectivity index (χ0n) is 7.79. The Balaban J connectivity index is 2.45. The molecule has 0 N–H and O–H groups in total. The van der Waals surface area contributed by atoms with Gasteiger partial charge in [0.1, 0.15) is 11.0 Å². The van der Waals surface area contributed by atoms with Crippen LogP contribution in [0.4, 0.5) is 0 Å². The summed E-state index contributed by atoms with van der Waals surface area (Å²) >= 11 is 5.86. The number of hydrogen-bond donors (Lipinski definition) is 0. The zero-order chi connectivity index (χ0) is 9.97. The molecule has 14 heavy (non-hydrogen) atoms. The molecule has 0 aromatic heterocycles. The summed E-state index contributed by atoms with van der Waals surface area (Å²) < 4.78 is 0. The Kier molecular flexibility index (Phi) is 2.72. The molecule has 0 amide bonds. The highest BCUT2D eigenvalue weighted by Gasteiger charge is 2.22. The molecule has 0 bridgehead atoms. The third kappa shape index (κ3) is 1.61. The van der Waals surface area contributed by atoms with Gasteiger partial charge >= 0.3 is 0 Å². The van der Waals surface area contributed by atoms with Crippen LogP contribution >= 0.6 is 11.6 Å². The van der Waals surface area contributed by atoms with Gasteiger partial charge in [-0.3, -0.25) is 0 Å². The lowest BCUT2D eigenvalue weighted by Gasteiger charge is -2.23. The summed E-state index contributed by atoms with van der Waals surface area (Å²) in [5.41, 5.74) is 2.52. The van der Waals surface area contributed by atoms with Crippen LogP contribution in [0, 0.1) is 0 Å². The number of aryl methyl sites for hydroxylation is 1. The van der Waals surface area contributed by atoms with Crippen LogP contribution in [0.2, 0.25) is 0 Å². The maximum absolute atomic E-state index is 10.5. The minimum Gasteiger partial charge on any atom is -0.232 e. The summed E-state index contributed by atoms with van der Waals surface area (Å²) in [5.74, 6) is 1.89. The van der Waals surface area contributed by atoms with Crippen molar-refractivity contribution in [2.24, 2.45) is 0 Å². The smallest absolute Gasteiger partial charge is 0.140 e. The predicted octanol–water partition coefficient (Wildman–Crippen LogP) is 3.06. The molecule has 0 heterocycles. The number of rotatable bonds is 1. The summed E-state index contributed by atoms with van der Waals surface area (Å²) in [4.78, 5) is 10.5. The topological polar surface area (TPSA) is 17.1 Å². The van der Waals surface area contributed by atoms with Crippen molar-refractivity contribution < 1.29 is 4.79 Å². The summed E-state index contributed by atoms with van der Waals surface area (Å²) in [5, 5.41) is 0.317. The van der Waals surface area contributed by atoms with Crippen molar-refractivity contribution >= 4 is 17.5 Å². The van der Waals surface area contributed by atoms with Crippen LogP contribution in [0.5, 0.6) is 0 Å². The number of hydrogen-bond acceptors (Lipinski definition) is 1. The predicted molar refractivity (Wildman–Crippen MR) is 57.2 cm³/mol. The summed E-state index contributed by atoms with van der Waals surface area (Å²) in [6.45, 7) is 0. The fourth-order valence-corrected chi connectivity index (χ4v) is 2.31. The maximum atomic E-state index is 10.5. The van der Waals surface area contributed by atoms with E-state index in [2.05, 4.69) is 12.1 Å². The average molecular weight is 207 g/mol. The minimum atomic E-state index is 0.0825. The molecular weight excluding hydrogens is 196 g/mol. The average Bonchev–Trinajstić information content (AvgIpc) is 2.27. The van der Waals surface area contributed by atoms with Crippen molar-refractivity contribution in [2.75, 3.05) is 0 Å². The van der Waals surface area contributed by atoms with Crippen molar-refractivity contribution in [3.05, 3.63) is 40.4 Å². The number of benzene rings is 1. The van der Waals surface area contributed by atoms with Crippen LogP contribution in [0.3, 0.4) is 0 Å². The van der Waals surface area contributed by atoms with Crippen LogP contribution in [0.15, 0.2) is 29.3 Å². The molecule has 2 rings (SSSR count). The SMILES string of the molecule is O=C=C(Cl)C1CCCc2ccccc21. The number of carbonyl (C=O) groups excluding carboxylic acids is 1. The van der Waals surface area contributed by atoms with E-state index >= 15 is 0 Å². The van der Waals surface area contributed by atoms with E-state index in [4.69, 9.17) is 11.6 Å². The van der Waals surface area contributed by atoms with Crippen LogP contribution in [0.25, 0.3) is 0 Å². The Hall–Kier alpha value is -1.04. The van der Waals surface area contributed by atoms with Crippen molar-refractivity contribution in [3.63, 3.8) is 0 Å². The molecule has 0 fully saturated rings. The quantitative estimate of drug-likeness (QED) is 0.646. The summed E-state index contributed by atoms with van der Waals surface area (Å²) in [6.07, 6.45) is 3.15. The molecule has 0 saturated carbocycles. The second kappa shape index (κ2) is 4.00. The largest absolute Gasteiger partial charge is 0.232 e. The van der Waals surface area contributed by atoms with Gasteiger partial charge in [0.15, 0.2) is 0 Å². The molecule has 0 radical (unpaired) electrons. The van der Waals surface area contributed by atoms with E-state index in [1.165, 1.54) is 11.1 Å². The van der Waals surface area contributed by atoms with Crippen LogP contribution in [-0.2, 0) is 11.2 Å². The second-order valence-corrected chi connectivity index (χ2v) is 4.00. The highest BCUT2D eigenvalue weighted by Crippen LogP contribution is 2.36. The van der Waals surface area contributed by atoms with Gasteiger partial charge in [0.2, 0.25) is 0 Å². The van der Waals surface area contributed by atoms with Crippen molar-refractivity contribution in [1.82, 2.24) is 0 Å². The first kappa shape index (κ1) is 9.51. The van der Waals surface area contributed by atoms with E-state index in [0.717, 1.165) is 19.3 Å².